The molecule has 2 aliphatic rings. The van der Waals surface area contributed by atoms with Gasteiger partial charge in [-0.2, -0.15) is 0 Å². The Balaban J connectivity index is 1.45. The third-order valence-corrected chi connectivity index (χ3v) is 8.32. The number of ether oxygens (including phenoxy) is 3. The molecule has 0 saturated carbocycles. The minimum Gasteiger partial charge on any atom is -0.497 e. The van der Waals surface area contributed by atoms with E-state index < -0.39 is 11.8 Å². The Bertz CT molecular complexity index is 1900. The molecule has 0 bridgehead atoms. The molecule has 1 aliphatic carbocycles. The van der Waals surface area contributed by atoms with Crippen molar-refractivity contribution in [2.45, 2.75) is 31.6 Å². The van der Waals surface area contributed by atoms with E-state index in [1.165, 1.54) is 6.26 Å². The van der Waals surface area contributed by atoms with Crippen LogP contribution in [-0.4, -0.2) is 33.0 Å². The molecule has 0 saturated heterocycles. The molecule has 9 heteroatoms. The zero-order valence-corrected chi connectivity index (χ0v) is 24.9. The van der Waals surface area contributed by atoms with E-state index in [-0.39, 0.29) is 34.7 Å². The number of carbonyl (C=O) groups is 2. The zero-order chi connectivity index (χ0) is 31.0. The van der Waals surface area contributed by atoms with Crippen LogP contribution in [0.2, 0.25) is 0 Å². The van der Waals surface area contributed by atoms with Crippen molar-refractivity contribution >= 4 is 28.3 Å². The van der Waals surface area contributed by atoms with Gasteiger partial charge in [0.1, 0.15) is 11.3 Å². The highest BCUT2D eigenvalue weighted by atomic mass is 16.5. The number of hydrogen-bond donors (Lipinski definition) is 2. The number of anilines is 1. The molecule has 44 heavy (non-hydrogen) atoms. The van der Waals surface area contributed by atoms with Crippen molar-refractivity contribution in [3.8, 4) is 17.2 Å². The van der Waals surface area contributed by atoms with Gasteiger partial charge in [-0.15, -0.1) is 0 Å². The van der Waals surface area contributed by atoms with Crippen LogP contribution in [0.15, 0.2) is 105 Å². The van der Waals surface area contributed by atoms with Gasteiger partial charge in [-0.25, -0.2) is 0 Å². The molecule has 1 amide bonds. The standard InChI is InChI=1S/C35H32N2O7/c1-19-31(35(40)37-22-10-12-23(41-2)13-11-22)32(25-18-44-28-8-6-5-7-24(28)34(25)39)33-26(36-19)15-21(16-27(33)38)20-9-14-29(42-3)30(17-20)43-4/h5-14,17-18,21,32,36H,15-16H2,1-4H3,(H,37,40)/t21-,32+/m0/s1. The van der Waals surface area contributed by atoms with Crippen molar-refractivity contribution in [2.75, 3.05) is 26.6 Å². The third-order valence-electron chi connectivity index (χ3n) is 8.32. The number of dihydropyridines is 1. The number of fused-ring (bicyclic) bond motifs is 1. The number of para-hydroxylation sites is 1. The largest absolute Gasteiger partial charge is 0.497 e. The fourth-order valence-electron chi connectivity index (χ4n) is 6.16. The monoisotopic (exact) mass is 592 g/mol. The molecule has 9 nitrogen and oxygen atoms in total. The van der Waals surface area contributed by atoms with Gasteiger partial charge in [-0.3, -0.25) is 14.4 Å². The third kappa shape index (κ3) is 5.10. The SMILES string of the molecule is COc1ccc(NC(=O)C2=C(C)NC3=C(C(=O)C[C@@H](c4ccc(OC)c(OC)c4)C3)[C@@H]2c2coc3ccccc3c2=O)cc1. The summed E-state index contributed by atoms with van der Waals surface area (Å²) in [6.07, 6.45) is 2.07. The van der Waals surface area contributed by atoms with Crippen LogP contribution in [-0.2, 0) is 9.59 Å². The number of amides is 1. The molecular weight excluding hydrogens is 560 g/mol. The van der Waals surface area contributed by atoms with Gasteiger partial charge in [0.2, 0.25) is 0 Å². The minimum atomic E-state index is -0.927. The predicted molar refractivity (Wildman–Crippen MR) is 166 cm³/mol. The molecule has 0 spiro atoms. The molecule has 0 fully saturated rings. The molecule has 1 aliphatic heterocycles. The number of ketones is 1. The van der Waals surface area contributed by atoms with Crippen molar-refractivity contribution in [1.29, 1.82) is 0 Å². The maximum atomic E-state index is 14.1. The van der Waals surface area contributed by atoms with Crippen LogP contribution in [0.3, 0.4) is 0 Å². The summed E-state index contributed by atoms with van der Waals surface area (Å²) >= 11 is 0. The Morgan fingerprint density at radius 3 is 2.39 bits per heavy atom. The van der Waals surface area contributed by atoms with E-state index in [1.54, 1.807) is 76.8 Å². The number of rotatable bonds is 7. The lowest BCUT2D eigenvalue weighted by Gasteiger charge is -2.36. The Morgan fingerprint density at radius 2 is 1.66 bits per heavy atom. The van der Waals surface area contributed by atoms with Gasteiger partial charge in [-0.1, -0.05) is 18.2 Å². The maximum absolute atomic E-state index is 14.1. The summed E-state index contributed by atoms with van der Waals surface area (Å²) in [6.45, 7) is 1.78. The number of Topliss-reactive ketones (excluding diaryl/α,β-unsaturated/α-hetero) is 1. The summed E-state index contributed by atoms with van der Waals surface area (Å²) in [5.41, 5.74) is 3.75. The zero-order valence-electron chi connectivity index (χ0n) is 24.9. The first-order chi connectivity index (χ1) is 21.3. The van der Waals surface area contributed by atoms with Crippen LogP contribution in [0, 0.1) is 0 Å². The second-order valence-electron chi connectivity index (χ2n) is 10.8. The van der Waals surface area contributed by atoms with E-state index in [1.807, 2.05) is 18.2 Å². The van der Waals surface area contributed by atoms with E-state index in [0.717, 1.165) is 5.56 Å². The molecule has 6 rings (SSSR count). The van der Waals surface area contributed by atoms with Gasteiger partial charge in [-0.05, 0) is 73.4 Å². The van der Waals surface area contributed by atoms with Crippen molar-refractivity contribution in [3.05, 3.63) is 117 Å². The Morgan fingerprint density at radius 1 is 0.909 bits per heavy atom. The van der Waals surface area contributed by atoms with Gasteiger partial charge in [0.15, 0.2) is 22.7 Å². The lowest BCUT2D eigenvalue weighted by atomic mass is 9.71. The van der Waals surface area contributed by atoms with Crippen LogP contribution < -0.4 is 30.3 Å². The van der Waals surface area contributed by atoms with Crippen LogP contribution in [0.5, 0.6) is 17.2 Å². The van der Waals surface area contributed by atoms with Gasteiger partial charge in [0.25, 0.3) is 5.91 Å². The number of allylic oxidation sites excluding steroid dienone is 3. The number of carbonyl (C=O) groups excluding carboxylic acids is 2. The molecule has 2 atom stereocenters. The van der Waals surface area contributed by atoms with Crippen molar-refractivity contribution in [1.82, 2.24) is 5.32 Å². The highest BCUT2D eigenvalue weighted by molar-refractivity contribution is 6.10. The minimum absolute atomic E-state index is 0.148. The molecule has 224 valence electrons. The fraction of sp³-hybridized carbons (Fsp3) is 0.229. The number of nitrogens with one attached hydrogen (secondary N) is 2. The summed E-state index contributed by atoms with van der Waals surface area (Å²) in [5, 5.41) is 6.67. The van der Waals surface area contributed by atoms with Gasteiger partial charge < -0.3 is 29.3 Å². The average Bonchev–Trinajstić information content (AvgIpc) is 3.04. The molecule has 1 aromatic heterocycles. The molecule has 0 radical (unpaired) electrons. The smallest absolute Gasteiger partial charge is 0.254 e. The Kier molecular flexibility index (Phi) is 7.69. The highest BCUT2D eigenvalue weighted by Crippen LogP contribution is 2.46. The van der Waals surface area contributed by atoms with E-state index in [4.69, 9.17) is 18.6 Å². The van der Waals surface area contributed by atoms with Gasteiger partial charge in [0, 0.05) is 40.2 Å². The second kappa shape index (κ2) is 11.8. The summed E-state index contributed by atoms with van der Waals surface area (Å²) in [5.74, 6) is 0.167. The number of benzene rings is 3. The molecule has 3 aromatic carbocycles. The molecule has 0 unspecified atom stereocenters. The Hall–Kier alpha value is -5.31. The summed E-state index contributed by atoms with van der Waals surface area (Å²) in [7, 11) is 4.71. The summed E-state index contributed by atoms with van der Waals surface area (Å²) < 4.78 is 22.0. The fourth-order valence-corrected chi connectivity index (χ4v) is 6.16. The number of hydrogen-bond acceptors (Lipinski definition) is 8. The molecule has 2 heterocycles. The first kappa shape index (κ1) is 28.8. The molecule has 2 N–H and O–H groups in total. The lowest BCUT2D eigenvalue weighted by molar-refractivity contribution is -0.116. The highest BCUT2D eigenvalue weighted by Gasteiger charge is 2.42. The summed E-state index contributed by atoms with van der Waals surface area (Å²) in [6, 6.07) is 19.5. The lowest BCUT2D eigenvalue weighted by Crippen LogP contribution is -2.38. The van der Waals surface area contributed by atoms with Crippen LogP contribution in [0.4, 0.5) is 5.69 Å². The normalized spacial score (nSPS) is 18.0. The van der Waals surface area contributed by atoms with Crippen molar-refractivity contribution in [2.24, 2.45) is 0 Å². The van der Waals surface area contributed by atoms with Crippen LogP contribution in [0.1, 0.15) is 42.7 Å². The van der Waals surface area contributed by atoms with Gasteiger partial charge >= 0.3 is 0 Å². The van der Waals surface area contributed by atoms with E-state index in [9.17, 15) is 14.4 Å². The maximum Gasteiger partial charge on any atom is 0.254 e. The average molecular weight is 593 g/mol. The van der Waals surface area contributed by atoms with Crippen molar-refractivity contribution in [3.63, 3.8) is 0 Å². The first-order valence-electron chi connectivity index (χ1n) is 14.2. The van der Waals surface area contributed by atoms with Crippen LogP contribution in [0.25, 0.3) is 11.0 Å². The number of methoxy groups -OCH3 is 3. The van der Waals surface area contributed by atoms with E-state index in [2.05, 4.69) is 10.6 Å². The first-order valence-corrected chi connectivity index (χ1v) is 14.2. The van der Waals surface area contributed by atoms with Crippen LogP contribution >= 0.6 is 0 Å². The second-order valence-corrected chi connectivity index (χ2v) is 10.8. The molecular formula is C35H32N2O7. The quantitative estimate of drug-likeness (QED) is 0.276. The van der Waals surface area contributed by atoms with Crippen molar-refractivity contribution < 1.29 is 28.2 Å². The van der Waals surface area contributed by atoms with E-state index >= 15 is 0 Å². The Labute approximate surface area is 254 Å². The van der Waals surface area contributed by atoms with Gasteiger partial charge in [0.05, 0.1) is 38.9 Å². The topological polar surface area (TPSA) is 116 Å². The van der Waals surface area contributed by atoms with E-state index in [0.29, 0.717) is 57.3 Å². The molecule has 4 aromatic rings. The summed E-state index contributed by atoms with van der Waals surface area (Å²) in [4.78, 5) is 42.0. The predicted octanol–water partition coefficient (Wildman–Crippen LogP) is 5.82.